The molecule has 5 rings (SSSR count). The average molecular weight is 470 g/mol. The van der Waals surface area contributed by atoms with Crippen molar-refractivity contribution in [2.45, 2.75) is 0 Å². The van der Waals surface area contributed by atoms with Crippen molar-refractivity contribution in [1.82, 2.24) is 0 Å². The van der Waals surface area contributed by atoms with E-state index in [1.807, 2.05) is 48.5 Å². The molecule has 156 valence electrons. The van der Waals surface area contributed by atoms with Crippen molar-refractivity contribution in [2.24, 2.45) is 0 Å². The van der Waals surface area contributed by atoms with E-state index < -0.39 is 0 Å². The maximum atomic E-state index is 6.74. The predicted octanol–water partition coefficient (Wildman–Crippen LogP) is 7.89. The molecule has 31 heavy (non-hydrogen) atoms. The Balaban J connectivity index is 1.68. The van der Waals surface area contributed by atoms with Crippen LogP contribution in [0.3, 0.4) is 0 Å². The number of hydrogen-bond acceptors (Lipinski definition) is 5. The Hall–Kier alpha value is -2.86. The van der Waals surface area contributed by atoms with E-state index in [1.165, 1.54) is 0 Å². The van der Waals surface area contributed by atoms with Gasteiger partial charge in [0.25, 0.3) is 0 Å². The lowest BCUT2D eigenvalue weighted by molar-refractivity contribution is 0.414. The first-order chi connectivity index (χ1) is 15.0. The maximum absolute atomic E-state index is 6.74. The number of furan rings is 1. The molecule has 5 aromatic rings. The van der Waals surface area contributed by atoms with Crippen molar-refractivity contribution in [3.63, 3.8) is 0 Å². The van der Waals surface area contributed by atoms with E-state index in [2.05, 4.69) is 0 Å². The number of halogens is 2. The maximum Gasteiger partial charge on any atom is 0.156 e. The number of rotatable bonds is 4. The number of ether oxygens (including phenoxy) is 2. The summed E-state index contributed by atoms with van der Waals surface area (Å²) in [6.07, 6.45) is 0. The summed E-state index contributed by atoms with van der Waals surface area (Å²) in [5.74, 6) is 1.99. The third kappa shape index (κ3) is 3.21. The minimum Gasteiger partial charge on any atom is -0.497 e. The van der Waals surface area contributed by atoms with E-state index in [9.17, 15) is 0 Å². The van der Waals surface area contributed by atoms with Gasteiger partial charge in [0.1, 0.15) is 17.1 Å². The van der Waals surface area contributed by atoms with Crippen molar-refractivity contribution in [2.75, 3.05) is 20.0 Å². The number of fused-ring (bicyclic) bond motifs is 2. The van der Waals surface area contributed by atoms with Crippen LogP contribution in [0.1, 0.15) is 0 Å². The molecule has 0 saturated carbocycles. The molecule has 0 aliphatic carbocycles. The van der Waals surface area contributed by atoms with Gasteiger partial charge in [-0.05, 0) is 36.4 Å². The number of nitrogen functional groups attached to an aromatic ring is 1. The minimum absolute atomic E-state index is 0.508. The Morgan fingerprint density at radius 1 is 0.839 bits per heavy atom. The topological polar surface area (TPSA) is 57.6 Å². The summed E-state index contributed by atoms with van der Waals surface area (Å²) < 4.78 is 17.7. The van der Waals surface area contributed by atoms with Crippen molar-refractivity contribution < 1.29 is 13.9 Å². The number of para-hydroxylation sites is 1. The fraction of sp³-hybridized carbons (Fsp3) is 0.0833. The molecule has 0 aliphatic heterocycles. The first-order valence-electron chi connectivity index (χ1n) is 9.43. The largest absolute Gasteiger partial charge is 0.497 e. The summed E-state index contributed by atoms with van der Waals surface area (Å²) in [5, 5.41) is 2.93. The first kappa shape index (κ1) is 20.1. The van der Waals surface area contributed by atoms with Gasteiger partial charge in [-0.1, -0.05) is 35.3 Å². The molecule has 0 saturated heterocycles. The second-order valence-corrected chi connectivity index (χ2v) is 8.79. The number of nitrogens with two attached hydrogens (primary N) is 1. The predicted molar refractivity (Wildman–Crippen MR) is 130 cm³/mol. The molecule has 2 N–H and O–H groups in total. The van der Waals surface area contributed by atoms with E-state index in [0.717, 1.165) is 31.7 Å². The number of thiophene rings is 1. The van der Waals surface area contributed by atoms with Gasteiger partial charge in [0.05, 0.1) is 34.8 Å². The van der Waals surface area contributed by atoms with Gasteiger partial charge in [0.15, 0.2) is 5.76 Å². The Morgan fingerprint density at radius 3 is 2.26 bits per heavy atom. The van der Waals surface area contributed by atoms with Crippen LogP contribution in [0.2, 0.25) is 10.0 Å². The number of anilines is 1. The molecule has 2 aromatic heterocycles. The van der Waals surface area contributed by atoms with Crippen molar-refractivity contribution in [1.29, 1.82) is 0 Å². The van der Waals surface area contributed by atoms with E-state index in [1.54, 1.807) is 31.6 Å². The Kier molecular flexibility index (Phi) is 4.97. The molecule has 0 bridgehead atoms. The molecule has 0 aliphatic rings. The van der Waals surface area contributed by atoms with Gasteiger partial charge in [-0.3, -0.25) is 0 Å². The number of methoxy groups -OCH3 is 2. The molecule has 0 spiro atoms. The lowest BCUT2D eigenvalue weighted by atomic mass is 10.0. The van der Waals surface area contributed by atoms with Crippen LogP contribution in [0.15, 0.2) is 59.0 Å². The molecule has 0 radical (unpaired) electrons. The Labute approximate surface area is 192 Å². The highest BCUT2D eigenvalue weighted by atomic mass is 35.5. The molecular formula is C24H17Cl2NO3S. The van der Waals surface area contributed by atoms with Gasteiger partial charge >= 0.3 is 0 Å². The number of hydrogen-bond donors (Lipinski definition) is 1. The molecule has 0 atom stereocenters. The zero-order valence-corrected chi connectivity index (χ0v) is 19.0. The van der Waals surface area contributed by atoms with Crippen LogP contribution in [-0.2, 0) is 0 Å². The quantitative estimate of drug-likeness (QED) is 0.271. The summed E-state index contributed by atoms with van der Waals surface area (Å²) in [5.41, 5.74) is 9.35. The first-order valence-corrected chi connectivity index (χ1v) is 11.0. The molecular weight excluding hydrogens is 453 g/mol. The molecule has 2 heterocycles. The normalized spacial score (nSPS) is 11.4. The summed E-state index contributed by atoms with van der Waals surface area (Å²) in [4.78, 5) is 0.887. The highest BCUT2D eigenvalue weighted by Gasteiger charge is 2.21. The van der Waals surface area contributed by atoms with E-state index in [-0.39, 0.29) is 0 Å². The summed E-state index contributed by atoms with van der Waals surface area (Å²) in [6, 6.07) is 17.1. The van der Waals surface area contributed by atoms with E-state index in [4.69, 9.17) is 42.8 Å². The molecule has 7 heteroatoms. The second kappa shape index (κ2) is 7.68. The fourth-order valence-corrected chi connectivity index (χ4v) is 5.55. The molecule has 0 fully saturated rings. The van der Waals surface area contributed by atoms with Gasteiger partial charge in [-0.25, -0.2) is 0 Å². The van der Waals surface area contributed by atoms with Crippen molar-refractivity contribution >= 4 is 61.3 Å². The lowest BCUT2D eigenvalue weighted by Gasteiger charge is -2.09. The van der Waals surface area contributed by atoms with Crippen LogP contribution >= 0.6 is 34.5 Å². The van der Waals surface area contributed by atoms with Crippen LogP contribution < -0.4 is 15.2 Å². The highest BCUT2D eigenvalue weighted by Crippen LogP contribution is 2.48. The molecule has 0 amide bonds. The SMILES string of the molecule is COc1ccc2c(Cl)c(-c3cccc(-c4sc5cc(OC)ccc5c4Cl)c3N)oc2c1. The minimum atomic E-state index is 0.508. The van der Waals surface area contributed by atoms with Gasteiger partial charge in [-0.2, -0.15) is 0 Å². The summed E-state index contributed by atoms with van der Waals surface area (Å²) in [6.45, 7) is 0. The Morgan fingerprint density at radius 2 is 1.52 bits per heavy atom. The standard InChI is InChI=1S/C24H17Cl2NO3S/c1-28-12-6-8-14-18(10-12)30-23(20(14)25)16-4-3-5-17(22(16)27)24-21(26)15-9-7-13(29-2)11-19(15)31-24/h3-11H,27H2,1-2H3. The lowest BCUT2D eigenvalue weighted by Crippen LogP contribution is -1.93. The van der Waals surface area contributed by atoms with Gasteiger partial charge in [0, 0.05) is 32.7 Å². The molecule has 0 unspecified atom stereocenters. The van der Waals surface area contributed by atoms with Crippen LogP contribution in [0.4, 0.5) is 5.69 Å². The molecule has 4 nitrogen and oxygen atoms in total. The molecule has 3 aromatic carbocycles. The van der Waals surface area contributed by atoms with Gasteiger partial charge in [-0.15, -0.1) is 11.3 Å². The van der Waals surface area contributed by atoms with Crippen molar-refractivity contribution in [3.05, 3.63) is 64.6 Å². The third-order valence-corrected chi connectivity index (χ3v) is 7.33. The van der Waals surface area contributed by atoms with E-state index >= 15 is 0 Å². The van der Waals surface area contributed by atoms with E-state index in [0.29, 0.717) is 38.4 Å². The van der Waals surface area contributed by atoms with Crippen molar-refractivity contribution in [3.8, 4) is 33.3 Å². The average Bonchev–Trinajstić information content (AvgIpc) is 3.29. The van der Waals surface area contributed by atoms with Crippen LogP contribution in [-0.4, -0.2) is 14.2 Å². The number of benzene rings is 3. The smallest absolute Gasteiger partial charge is 0.156 e. The fourth-order valence-electron chi connectivity index (χ4n) is 3.65. The Bertz CT molecular complexity index is 1350. The summed E-state index contributed by atoms with van der Waals surface area (Å²) in [7, 11) is 3.25. The second-order valence-electron chi connectivity index (χ2n) is 6.98. The zero-order valence-electron chi connectivity index (χ0n) is 16.7. The monoisotopic (exact) mass is 469 g/mol. The highest BCUT2D eigenvalue weighted by molar-refractivity contribution is 7.23. The summed E-state index contributed by atoms with van der Waals surface area (Å²) >= 11 is 15.0. The van der Waals surface area contributed by atoms with Crippen LogP contribution in [0.25, 0.3) is 42.8 Å². The van der Waals surface area contributed by atoms with Gasteiger partial charge < -0.3 is 19.6 Å². The van der Waals surface area contributed by atoms with Gasteiger partial charge in [0.2, 0.25) is 0 Å². The zero-order chi connectivity index (χ0) is 21.7. The third-order valence-electron chi connectivity index (χ3n) is 5.27. The van der Waals surface area contributed by atoms with Crippen LogP contribution in [0.5, 0.6) is 11.5 Å². The van der Waals surface area contributed by atoms with Crippen LogP contribution in [0, 0.1) is 0 Å².